The average molecular weight is 317 g/mol. The molecule has 0 saturated carbocycles. The number of allylic oxidation sites excluding steroid dienone is 2. The van der Waals surface area contributed by atoms with Crippen LogP contribution in [-0.2, 0) is 4.79 Å². The van der Waals surface area contributed by atoms with Crippen LogP contribution in [0, 0.1) is 0 Å². The van der Waals surface area contributed by atoms with Crippen molar-refractivity contribution in [3.8, 4) is 5.75 Å². The lowest BCUT2D eigenvalue weighted by molar-refractivity contribution is -0.114. The molecule has 1 aromatic carbocycles. The number of nitrogens with one attached hydrogen (secondary N) is 1. The lowest BCUT2D eigenvalue weighted by Gasteiger charge is -2.23. The summed E-state index contributed by atoms with van der Waals surface area (Å²) < 4.78 is 5.81. The molecule has 0 radical (unpaired) electrons. The third-order valence-electron chi connectivity index (χ3n) is 3.74. The number of β-amino-alcohol motifs (C(OH)–C–C–N with tert-alkyl or cyclic N) is 1. The van der Waals surface area contributed by atoms with E-state index in [2.05, 4.69) is 26.1 Å². The predicted octanol–water partition coefficient (Wildman–Crippen LogP) is 2.95. The van der Waals surface area contributed by atoms with Crippen molar-refractivity contribution in [2.24, 2.45) is 0 Å². The van der Waals surface area contributed by atoms with Crippen LogP contribution in [0.2, 0.25) is 0 Å². The first-order valence-corrected chi connectivity index (χ1v) is 8.24. The fourth-order valence-corrected chi connectivity index (χ4v) is 2.53. The Hall–Kier alpha value is -1.65. The van der Waals surface area contributed by atoms with Crippen molar-refractivity contribution in [3.05, 3.63) is 35.9 Å². The summed E-state index contributed by atoms with van der Waals surface area (Å²) in [6.45, 7) is 6.88. The first-order valence-electron chi connectivity index (χ1n) is 8.24. The fourth-order valence-electron chi connectivity index (χ4n) is 2.53. The first-order chi connectivity index (χ1) is 10.8. The Morgan fingerprint density at radius 3 is 2.70 bits per heavy atom. The third kappa shape index (κ3) is 5.81. The van der Waals surface area contributed by atoms with Gasteiger partial charge in [0.2, 0.25) is 0 Å². The summed E-state index contributed by atoms with van der Waals surface area (Å²) in [5.41, 5.74) is 1.95. The molecule has 126 valence electrons. The van der Waals surface area contributed by atoms with Gasteiger partial charge in [-0.15, -0.1) is 0 Å². The van der Waals surface area contributed by atoms with Gasteiger partial charge in [-0.1, -0.05) is 18.2 Å². The Bertz CT molecular complexity index is 572. The van der Waals surface area contributed by atoms with Gasteiger partial charge in [0.15, 0.2) is 5.78 Å². The van der Waals surface area contributed by atoms with E-state index in [0.29, 0.717) is 13.0 Å². The van der Waals surface area contributed by atoms with Crippen molar-refractivity contribution in [2.75, 3.05) is 13.2 Å². The van der Waals surface area contributed by atoms with E-state index in [1.165, 1.54) is 0 Å². The first kappa shape index (κ1) is 17.7. The van der Waals surface area contributed by atoms with E-state index < -0.39 is 6.10 Å². The van der Waals surface area contributed by atoms with Gasteiger partial charge >= 0.3 is 0 Å². The number of hydrogen-bond acceptors (Lipinski definition) is 4. The molecular weight excluding hydrogens is 290 g/mol. The van der Waals surface area contributed by atoms with Gasteiger partial charge in [0.25, 0.3) is 0 Å². The lowest BCUT2D eigenvalue weighted by atomic mass is 9.92. The highest BCUT2D eigenvalue weighted by Gasteiger charge is 2.16. The maximum atomic E-state index is 11.6. The summed E-state index contributed by atoms with van der Waals surface area (Å²) in [5.74, 6) is 0.902. The van der Waals surface area contributed by atoms with Gasteiger partial charge in [-0.3, -0.25) is 4.79 Å². The van der Waals surface area contributed by atoms with E-state index in [1.807, 2.05) is 24.3 Å². The number of rotatable bonds is 6. The summed E-state index contributed by atoms with van der Waals surface area (Å²) in [4.78, 5) is 11.6. The molecule has 23 heavy (non-hydrogen) atoms. The molecule has 4 nitrogen and oxygen atoms in total. The van der Waals surface area contributed by atoms with Gasteiger partial charge < -0.3 is 15.2 Å². The van der Waals surface area contributed by atoms with Crippen LogP contribution in [0.4, 0.5) is 0 Å². The van der Waals surface area contributed by atoms with Gasteiger partial charge in [0, 0.05) is 24.1 Å². The Balaban J connectivity index is 1.99. The average Bonchev–Trinajstić information content (AvgIpc) is 2.50. The maximum Gasteiger partial charge on any atom is 0.155 e. The maximum absolute atomic E-state index is 11.6. The van der Waals surface area contributed by atoms with Crippen LogP contribution >= 0.6 is 0 Å². The topological polar surface area (TPSA) is 58.6 Å². The van der Waals surface area contributed by atoms with E-state index in [9.17, 15) is 9.90 Å². The zero-order chi connectivity index (χ0) is 16.9. The molecular formula is C19H27NO3. The van der Waals surface area contributed by atoms with Crippen molar-refractivity contribution >= 4 is 11.4 Å². The number of ketones is 1. The smallest absolute Gasteiger partial charge is 0.155 e. The second-order valence-electron chi connectivity index (χ2n) is 7.08. The molecule has 2 rings (SSSR count). The monoisotopic (exact) mass is 317 g/mol. The Morgan fingerprint density at radius 1 is 1.26 bits per heavy atom. The molecule has 1 atom stereocenters. The van der Waals surface area contributed by atoms with Crippen LogP contribution in [0.1, 0.15) is 45.6 Å². The number of ether oxygens (including phenoxy) is 1. The molecule has 0 fully saturated rings. The number of para-hydroxylation sites is 1. The van der Waals surface area contributed by atoms with E-state index in [1.54, 1.807) is 6.08 Å². The zero-order valence-electron chi connectivity index (χ0n) is 14.3. The third-order valence-corrected chi connectivity index (χ3v) is 3.74. The second kappa shape index (κ2) is 7.75. The summed E-state index contributed by atoms with van der Waals surface area (Å²) >= 11 is 0. The Kier molecular flexibility index (Phi) is 5.97. The quantitative estimate of drug-likeness (QED) is 0.847. The number of benzene rings is 1. The normalized spacial score (nSPS) is 16.9. The number of aliphatic hydroxyl groups excluding tert-OH is 1. The molecule has 0 aliphatic heterocycles. The van der Waals surface area contributed by atoms with Crippen LogP contribution in [0.5, 0.6) is 5.75 Å². The minimum absolute atomic E-state index is 0.0356. The number of aliphatic hydroxyl groups is 1. The van der Waals surface area contributed by atoms with Gasteiger partial charge in [-0.05, 0) is 51.3 Å². The molecule has 1 aliphatic carbocycles. The van der Waals surface area contributed by atoms with Crippen molar-refractivity contribution < 1.29 is 14.6 Å². The minimum atomic E-state index is -0.579. The molecule has 1 aliphatic rings. The molecule has 1 aromatic rings. The van der Waals surface area contributed by atoms with Crippen molar-refractivity contribution in [2.45, 2.75) is 51.7 Å². The molecule has 0 saturated heterocycles. The summed E-state index contributed by atoms with van der Waals surface area (Å²) in [6, 6.07) is 7.71. The highest BCUT2D eigenvalue weighted by atomic mass is 16.5. The minimum Gasteiger partial charge on any atom is -0.490 e. The molecule has 1 unspecified atom stereocenters. The van der Waals surface area contributed by atoms with Crippen LogP contribution in [-0.4, -0.2) is 35.7 Å². The molecule has 4 heteroatoms. The van der Waals surface area contributed by atoms with Crippen LogP contribution in [0.25, 0.3) is 5.57 Å². The second-order valence-corrected chi connectivity index (χ2v) is 7.08. The summed E-state index contributed by atoms with van der Waals surface area (Å²) in [5, 5.41) is 13.3. The summed E-state index contributed by atoms with van der Waals surface area (Å²) in [7, 11) is 0. The van der Waals surface area contributed by atoms with Crippen LogP contribution in [0.3, 0.4) is 0 Å². The lowest BCUT2D eigenvalue weighted by Crippen LogP contribution is -2.42. The predicted molar refractivity (Wildman–Crippen MR) is 92.5 cm³/mol. The standard InChI is InChI=1S/C19H27NO3/c1-19(2,3)20-12-16(22)13-23-18-10-5-4-9-17(18)14-7-6-8-15(21)11-14/h4-5,9-11,16,20,22H,6-8,12-13H2,1-3H3. The van der Waals surface area contributed by atoms with E-state index in [-0.39, 0.29) is 17.9 Å². The molecule has 0 aromatic heterocycles. The zero-order valence-corrected chi connectivity index (χ0v) is 14.3. The number of carbonyl (C=O) groups excluding carboxylic acids is 1. The highest BCUT2D eigenvalue weighted by molar-refractivity contribution is 5.98. The van der Waals surface area contributed by atoms with Crippen LogP contribution < -0.4 is 10.1 Å². The largest absolute Gasteiger partial charge is 0.490 e. The van der Waals surface area contributed by atoms with Gasteiger partial charge in [0.05, 0.1) is 0 Å². The SMILES string of the molecule is CC(C)(C)NCC(O)COc1ccccc1C1=CC(=O)CCC1. The number of carbonyl (C=O) groups is 1. The number of hydrogen-bond donors (Lipinski definition) is 2. The Morgan fingerprint density at radius 2 is 2.00 bits per heavy atom. The molecule has 0 amide bonds. The van der Waals surface area contributed by atoms with Gasteiger partial charge in [-0.25, -0.2) is 0 Å². The molecule has 0 bridgehead atoms. The van der Waals surface area contributed by atoms with Gasteiger partial charge in [-0.2, -0.15) is 0 Å². The van der Waals surface area contributed by atoms with E-state index >= 15 is 0 Å². The molecule has 2 N–H and O–H groups in total. The highest BCUT2D eigenvalue weighted by Crippen LogP contribution is 2.32. The van der Waals surface area contributed by atoms with Crippen molar-refractivity contribution in [3.63, 3.8) is 0 Å². The fraction of sp³-hybridized carbons (Fsp3) is 0.526. The van der Waals surface area contributed by atoms with Crippen molar-refractivity contribution in [1.82, 2.24) is 5.32 Å². The van der Waals surface area contributed by atoms with E-state index in [4.69, 9.17) is 4.74 Å². The van der Waals surface area contributed by atoms with Crippen LogP contribution in [0.15, 0.2) is 30.3 Å². The molecule has 0 heterocycles. The summed E-state index contributed by atoms with van der Waals surface area (Å²) in [6.07, 6.45) is 3.55. The van der Waals surface area contributed by atoms with Gasteiger partial charge in [0.1, 0.15) is 18.5 Å². The molecule has 0 spiro atoms. The van der Waals surface area contributed by atoms with E-state index in [0.717, 1.165) is 29.7 Å². The van der Waals surface area contributed by atoms with Crippen molar-refractivity contribution in [1.29, 1.82) is 0 Å². The Labute approximate surface area is 138 Å².